The molecular formula is C11H14N2O. The van der Waals surface area contributed by atoms with Crippen molar-refractivity contribution in [2.24, 2.45) is 5.73 Å². The van der Waals surface area contributed by atoms with E-state index in [0.29, 0.717) is 6.42 Å². The summed E-state index contributed by atoms with van der Waals surface area (Å²) in [4.78, 5) is 3.15. The summed E-state index contributed by atoms with van der Waals surface area (Å²) in [5, 5.41) is 10.0. The molecule has 2 aromatic rings. The van der Waals surface area contributed by atoms with Crippen molar-refractivity contribution < 1.29 is 5.11 Å². The average molecular weight is 190 g/mol. The van der Waals surface area contributed by atoms with E-state index in [1.54, 1.807) is 0 Å². The highest BCUT2D eigenvalue weighted by molar-refractivity contribution is 5.79. The Hall–Kier alpha value is -1.32. The summed E-state index contributed by atoms with van der Waals surface area (Å²) >= 11 is 0. The average Bonchev–Trinajstić information content (AvgIpc) is 2.64. The fraction of sp³-hybridized carbons (Fsp3) is 0.273. The van der Waals surface area contributed by atoms with Crippen molar-refractivity contribution in [3.8, 4) is 0 Å². The van der Waals surface area contributed by atoms with Gasteiger partial charge in [0.1, 0.15) is 0 Å². The molecule has 0 radical (unpaired) electrons. The fourth-order valence-electron chi connectivity index (χ4n) is 1.59. The maximum Gasteiger partial charge on any atom is 0.0585 e. The lowest BCUT2D eigenvalue weighted by atomic mass is 10.1. The first-order chi connectivity index (χ1) is 6.79. The Bertz CT molecular complexity index is 422. The molecule has 1 atom stereocenters. The topological polar surface area (TPSA) is 62.0 Å². The van der Waals surface area contributed by atoms with Crippen LogP contribution in [0.2, 0.25) is 0 Å². The van der Waals surface area contributed by atoms with Crippen LogP contribution in [0.3, 0.4) is 0 Å². The Labute approximate surface area is 82.6 Å². The van der Waals surface area contributed by atoms with Crippen molar-refractivity contribution in [1.29, 1.82) is 0 Å². The number of nitrogens with one attached hydrogen (secondary N) is 1. The third kappa shape index (κ3) is 1.78. The molecule has 1 unspecified atom stereocenters. The van der Waals surface area contributed by atoms with Gasteiger partial charge >= 0.3 is 0 Å². The number of aliphatic hydroxyl groups is 1. The molecule has 0 aliphatic rings. The number of H-pyrrole nitrogens is 1. The molecule has 2 rings (SSSR count). The van der Waals surface area contributed by atoms with Crippen LogP contribution in [0.4, 0.5) is 0 Å². The molecule has 0 aliphatic carbocycles. The van der Waals surface area contributed by atoms with Crippen molar-refractivity contribution >= 4 is 10.9 Å². The highest BCUT2D eigenvalue weighted by Gasteiger charge is 2.03. The van der Waals surface area contributed by atoms with Crippen LogP contribution in [0.5, 0.6) is 0 Å². The molecule has 0 amide bonds. The smallest absolute Gasteiger partial charge is 0.0585 e. The Balaban J connectivity index is 2.25. The van der Waals surface area contributed by atoms with E-state index in [9.17, 15) is 0 Å². The molecule has 1 aromatic carbocycles. The fourth-order valence-corrected chi connectivity index (χ4v) is 1.59. The van der Waals surface area contributed by atoms with E-state index in [4.69, 9.17) is 10.8 Å². The number of fused-ring (bicyclic) bond motifs is 1. The number of aromatic nitrogens is 1. The van der Waals surface area contributed by atoms with Crippen LogP contribution in [0, 0.1) is 0 Å². The van der Waals surface area contributed by atoms with Crippen molar-refractivity contribution in [2.45, 2.75) is 12.5 Å². The molecule has 4 N–H and O–H groups in total. The molecule has 0 saturated heterocycles. The van der Waals surface area contributed by atoms with Gasteiger partial charge in [-0.3, -0.25) is 0 Å². The number of rotatable bonds is 3. The zero-order valence-electron chi connectivity index (χ0n) is 7.90. The highest BCUT2D eigenvalue weighted by atomic mass is 16.3. The van der Waals surface area contributed by atoms with Crippen LogP contribution in [0.15, 0.2) is 30.5 Å². The SMILES string of the molecule is NC(CO)Cc1ccc2cc[nH]c2c1. The van der Waals surface area contributed by atoms with E-state index in [-0.39, 0.29) is 12.6 Å². The van der Waals surface area contributed by atoms with Gasteiger partial charge in [-0.2, -0.15) is 0 Å². The molecule has 74 valence electrons. The molecule has 0 saturated carbocycles. The van der Waals surface area contributed by atoms with Gasteiger partial charge in [-0.05, 0) is 29.5 Å². The van der Waals surface area contributed by atoms with Crippen LogP contribution in [0.25, 0.3) is 10.9 Å². The predicted molar refractivity (Wildman–Crippen MR) is 57.1 cm³/mol. The number of aliphatic hydroxyl groups excluding tert-OH is 1. The molecule has 1 heterocycles. The largest absolute Gasteiger partial charge is 0.395 e. The van der Waals surface area contributed by atoms with Crippen LogP contribution in [-0.2, 0) is 6.42 Å². The second-order valence-corrected chi connectivity index (χ2v) is 3.55. The lowest BCUT2D eigenvalue weighted by molar-refractivity contribution is 0.265. The molecule has 3 nitrogen and oxygen atoms in total. The summed E-state index contributed by atoms with van der Waals surface area (Å²) in [6.07, 6.45) is 2.63. The summed E-state index contributed by atoms with van der Waals surface area (Å²) < 4.78 is 0. The van der Waals surface area contributed by atoms with Crippen LogP contribution in [-0.4, -0.2) is 22.7 Å². The minimum Gasteiger partial charge on any atom is -0.395 e. The van der Waals surface area contributed by atoms with Gasteiger partial charge in [0.2, 0.25) is 0 Å². The Morgan fingerprint density at radius 3 is 3.00 bits per heavy atom. The van der Waals surface area contributed by atoms with E-state index in [1.165, 1.54) is 5.39 Å². The molecule has 0 bridgehead atoms. The second-order valence-electron chi connectivity index (χ2n) is 3.55. The second kappa shape index (κ2) is 3.82. The lowest BCUT2D eigenvalue weighted by Gasteiger charge is -2.07. The van der Waals surface area contributed by atoms with E-state index < -0.39 is 0 Å². The van der Waals surface area contributed by atoms with E-state index in [1.807, 2.05) is 18.3 Å². The Morgan fingerprint density at radius 2 is 2.21 bits per heavy atom. The van der Waals surface area contributed by atoms with E-state index in [2.05, 4.69) is 17.1 Å². The molecule has 0 fully saturated rings. The minimum atomic E-state index is -0.164. The maximum atomic E-state index is 8.84. The van der Waals surface area contributed by atoms with Crippen molar-refractivity contribution in [2.75, 3.05) is 6.61 Å². The van der Waals surface area contributed by atoms with Crippen LogP contribution in [0.1, 0.15) is 5.56 Å². The van der Waals surface area contributed by atoms with Crippen LogP contribution >= 0.6 is 0 Å². The first kappa shape index (κ1) is 9.24. The molecule has 14 heavy (non-hydrogen) atoms. The van der Waals surface area contributed by atoms with Gasteiger partial charge in [0, 0.05) is 17.8 Å². The monoisotopic (exact) mass is 190 g/mol. The standard InChI is InChI=1S/C11H14N2O/c12-10(7-14)5-8-1-2-9-3-4-13-11(9)6-8/h1-4,6,10,13-14H,5,7,12H2. The molecule has 1 aromatic heterocycles. The normalized spacial score (nSPS) is 13.3. The van der Waals surface area contributed by atoms with Gasteiger partial charge in [0.15, 0.2) is 0 Å². The van der Waals surface area contributed by atoms with Gasteiger partial charge in [-0.15, -0.1) is 0 Å². The van der Waals surface area contributed by atoms with Crippen LogP contribution < -0.4 is 5.73 Å². The lowest BCUT2D eigenvalue weighted by Crippen LogP contribution is -2.26. The third-order valence-electron chi connectivity index (χ3n) is 2.35. The summed E-state index contributed by atoms with van der Waals surface area (Å²) in [6, 6.07) is 8.05. The highest BCUT2D eigenvalue weighted by Crippen LogP contribution is 2.14. The summed E-state index contributed by atoms with van der Waals surface area (Å²) in [5.41, 5.74) is 7.94. The van der Waals surface area contributed by atoms with Gasteiger partial charge in [-0.25, -0.2) is 0 Å². The van der Waals surface area contributed by atoms with E-state index in [0.717, 1.165) is 11.1 Å². The number of nitrogens with two attached hydrogens (primary N) is 1. The maximum absolute atomic E-state index is 8.84. The first-order valence-corrected chi connectivity index (χ1v) is 4.72. The minimum absolute atomic E-state index is 0.0305. The van der Waals surface area contributed by atoms with Crippen molar-refractivity contribution in [1.82, 2.24) is 4.98 Å². The summed E-state index contributed by atoms with van der Waals surface area (Å²) in [5.74, 6) is 0. The number of aromatic amines is 1. The van der Waals surface area contributed by atoms with Gasteiger partial charge < -0.3 is 15.8 Å². The van der Waals surface area contributed by atoms with Gasteiger partial charge in [0.25, 0.3) is 0 Å². The quantitative estimate of drug-likeness (QED) is 0.677. The molecule has 3 heteroatoms. The first-order valence-electron chi connectivity index (χ1n) is 4.72. The summed E-state index contributed by atoms with van der Waals surface area (Å²) in [6.45, 7) is 0.0305. The predicted octanol–water partition coefficient (Wildman–Crippen LogP) is 1.03. The van der Waals surface area contributed by atoms with E-state index >= 15 is 0 Å². The van der Waals surface area contributed by atoms with Gasteiger partial charge in [0.05, 0.1) is 6.61 Å². The summed E-state index contributed by atoms with van der Waals surface area (Å²) in [7, 11) is 0. The molecule has 0 aliphatic heterocycles. The Kier molecular flexibility index (Phi) is 2.52. The number of benzene rings is 1. The number of hydrogen-bond acceptors (Lipinski definition) is 2. The zero-order valence-corrected chi connectivity index (χ0v) is 7.90. The number of hydrogen-bond donors (Lipinski definition) is 3. The Morgan fingerprint density at radius 1 is 1.36 bits per heavy atom. The third-order valence-corrected chi connectivity index (χ3v) is 2.35. The van der Waals surface area contributed by atoms with Gasteiger partial charge in [-0.1, -0.05) is 12.1 Å². The molecular weight excluding hydrogens is 176 g/mol. The zero-order chi connectivity index (χ0) is 9.97. The van der Waals surface area contributed by atoms with Crippen molar-refractivity contribution in [3.05, 3.63) is 36.0 Å². The van der Waals surface area contributed by atoms with Crippen molar-refractivity contribution in [3.63, 3.8) is 0 Å². The molecule has 0 spiro atoms.